The first-order valence-corrected chi connectivity index (χ1v) is 8.00. The molecule has 19 heavy (non-hydrogen) atoms. The molecule has 0 bridgehead atoms. The normalized spacial score (nSPS) is 17.1. The van der Waals surface area contributed by atoms with Crippen LogP contribution in [0.15, 0.2) is 4.47 Å². The molecule has 0 atom stereocenters. The van der Waals surface area contributed by atoms with Gasteiger partial charge in [0.2, 0.25) is 0 Å². The minimum absolute atomic E-state index is 0.486. The van der Waals surface area contributed by atoms with Crippen LogP contribution in [-0.4, -0.2) is 16.6 Å². The lowest BCUT2D eigenvalue weighted by Gasteiger charge is -2.24. The molecule has 0 aliphatic heterocycles. The van der Waals surface area contributed by atoms with E-state index in [9.17, 15) is 0 Å². The van der Waals surface area contributed by atoms with Crippen molar-refractivity contribution in [3.05, 3.63) is 21.1 Å². The van der Waals surface area contributed by atoms with Crippen LogP contribution in [0.5, 0.6) is 0 Å². The van der Waals surface area contributed by atoms with Crippen molar-refractivity contribution in [2.75, 3.05) is 6.61 Å². The Balaban J connectivity index is 2.41. The second kappa shape index (κ2) is 6.06. The van der Waals surface area contributed by atoms with Crippen molar-refractivity contribution in [2.24, 2.45) is 0 Å². The number of hydrogen-bond acceptors (Lipinski definition) is 3. The summed E-state index contributed by atoms with van der Waals surface area (Å²) in [4.78, 5) is 9.12. The van der Waals surface area contributed by atoms with Crippen LogP contribution in [0.2, 0.25) is 5.15 Å². The molecule has 1 fully saturated rings. The summed E-state index contributed by atoms with van der Waals surface area (Å²) in [6.07, 6.45) is 4.90. The maximum absolute atomic E-state index is 6.25. The molecule has 0 spiro atoms. The quantitative estimate of drug-likeness (QED) is 0.732. The van der Waals surface area contributed by atoms with Crippen molar-refractivity contribution < 1.29 is 4.74 Å². The molecule has 3 nitrogen and oxygen atoms in total. The summed E-state index contributed by atoms with van der Waals surface area (Å²) in [5.41, 5.74) is 0.534. The SMILES string of the molecule is CCOC(C)(C)c1nc(Cl)c(Br)c(C2CCCC2)n1. The van der Waals surface area contributed by atoms with E-state index in [0.29, 0.717) is 23.5 Å². The molecule has 0 saturated heterocycles. The fraction of sp³-hybridized carbons (Fsp3) is 0.714. The highest BCUT2D eigenvalue weighted by molar-refractivity contribution is 9.10. The van der Waals surface area contributed by atoms with E-state index in [4.69, 9.17) is 21.3 Å². The van der Waals surface area contributed by atoms with Crippen LogP contribution in [0.4, 0.5) is 0 Å². The number of aromatic nitrogens is 2. The van der Waals surface area contributed by atoms with Gasteiger partial charge in [-0.15, -0.1) is 0 Å². The van der Waals surface area contributed by atoms with E-state index in [1.165, 1.54) is 25.7 Å². The Hall–Kier alpha value is -0.190. The van der Waals surface area contributed by atoms with Crippen LogP contribution in [0.25, 0.3) is 0 Å². The lowest BCUT2D eigenvalue weighted by molar-refractivity contribution is -0.0210. The summed E-state index contributed by atoms with van der Waals surface area (Å²) in [6, 6.07) is 0. The smallest absolute Gasteiger partial charge is 0.161 e. The molecule has 0 unspecified atom stereocenters. The first-order valence-electron chi connectivity index (χ1n) is 6.83. The maximum atomic E-state index is 6.25. The zero-order valence-corrected chi connectivity index (χ0v) is 14.0. The molecule has 1 saturated carbocycles. The third-order valence-corrected chi connectivity index (χ3v) is 4.91. The maximum Gasteiger partial charge on any atom is 0.161 e. The van der Waals surface area contributed by atoms with Gasteiger partial charge in [0.1, 0.15) is 10.8 Å². The number of rotatable bonds is 4. The third-order valence-electron chi connectivity index (χ3n) is 3.62. The second-order valence-electron chi connectivity index (χ2n) is 5.46. The van der Waals surface area contributed by atoms with Gasteiger partial charge in [0.15, 0.2) is 5.82 Å². The molecule has 0 N–H and O–H groups in total. The summed E-state index contributed by atoms with van der Waals surface area (Å²) in [6.45, 7) is 6.56. The molecule has 2 rings (SSSR count). The van der Waals surface area contributed by atoms with Crippen LogP contribution in [0.1, 0.15) is 63.9 Å². The fourth-order valence-electron chi connectivity index (χ4n) is 2.60. The molecule has 5 heteroatoms. The van der Waals surface area contributed by atoms with E-state index >= 15 is 0 Å². The fourth-order valence-corrected chi connectivity index (χ4v) is 3.28. The van der Waals surface area contributed by atoms with Gasteiger partial charge >= 0.3 is 0 Å². The molecule has 1 aromatic heterocycles. The van der Waals surface area contributed by atoms with Gasteiger partial charge in [-0.3, -0.25) is 0 Å². The van der Waals surface area contributed by atoms with Crippen molar-refractivity contribution in [3.63, 3.8) is 0 Å². The van der Waals surface area contributed by atoms with Crippen molar-refractivity contribution in [1.82, 2.24) is 9.97 Å². The Labute approximate surface area is 128 Å². The molecule has 0 amide bonds. The van der Waals surface area contributed by atoms with Crippen molar-refractivity contribution in [2.45, 2.75) is 58.0 Å². The predicted octanol–water partition coefficient (Wildman–Crippen LogP) is 4.82. The minimum Gasteiger partial charge on any atom is -0.368 e. The van der Waals surface area contributed by atoms with Gasteiger partial charge in [-0.2, -0.15) is 0 Å². The molecule has 0 aromatic carbocycles. The highest BCUT2D eigenvalue weighted by atomic mass is 79.9. The van der Waals surface area contributed by atoms with Crippen molar-refractivity contribution in [1.29, 1.82) is 0 Å². The van der Waals surface area contributed by atoms with E-state index in [1.807, 2.05) is 20.8 Å². The van der Waals surface area contributed by atoms with Gasteiger partial charge in [-0.1, -0.05) is 24.4 Å². The second-order valence-corrected chi connectivity index (χ2v) is 6.61. The van der Waals surface area contributed by atoms with E-state index in [1.54, 1.807) is 0 Å². The van der Waals surface area contributed by atoms with E-state index < -0.39 is 5.60 Å². The Kier molecular flexibility index (Phi) is 4.85. The van der Waals surface area contributed by atoms with Crippen molar-refractivity contribution in [3.8, 4) is 0 Å². The highest BCUT2D eigenvalue weighted by Crippen LogP contribution is 2.39. The van der Waals surface area contributed by atoms with Gasteiger partial charge in [-0.05, 0) is 49.5 Å². The molecular weight excluding hydrogens is 328 g/mol. The Morgan fingerprint density at radius 2 is 1.95 bits per heavy atom. The van der Waals surface area contributed by atoms with Crippen molar-refractivity contribution >= 4 is 27.5 Å². The summed E-state index contributed by atoms with van der Waals surface area (Å²) >= 11 is 9.78. The molecule has 1 aromatic rings. The summed E-state index contributed by atoms with van der Waals surface area (Å²) in [7, 11) is 0. The van der Waals surface area contributed by atoms with E-state index in [2.05, 4.69) is 20.9 Å². The first kappa shape index (κ1) is 15.2. The first-order chi connectivity index (χ1) is 8.95. The number of ether oxygens (including phenoxy) is 1. The average Bonchev–Trinajstić information content (AvgIpc) is 2.85. The molecule has 106 valence electrons. The van der Waals surface area contributed by atoms with E-state index in [-0.39, 0.29) is 0 Å². The Bertz CT molecular complexity index is 459. The lowest BCUT2D eigenvalue weighted by Crippen LogP contribution is -2.26. The number of halogens is 2. The standard InChI is InChI=1S/C14H20BrClN2O/c1-4-19-14(2,3)13-17-11(9-7-5-6-8-9)10(15)12(16)18-13/h9H,4-8H2,1-3H3. The zero-order valence-electron chi connectivity index (χ0n) is 11.7. The number of nitrogens with zero attached hydrogens (tertiary/aromatic N) is 2. The van der Waals surface area contributed by atoms with Crippen LogP contribution in [0.3, 0.4) is 0 Å². The topological polar surface area (TPSA) is 35.0 Å². The molecular formula is C14H20BrClN2O. The average molecular weight is 348 g/mol. The van der Waals surface area contributed by atoms with Crippen LogP contribution >= 0.6 is 27.5 Å². The van der Waals surface area contributed by atoms with Gasteiger partial charge in [0.05, 0.1) is 10.2 Å². The summed E-state index contributed by atoms with van der Waals surface area (Å²) in [5, 5.41) is 0.486. The molecule has 1 heterocycles. The van der Waals surface area contributed by atoms with Crippen LogP contribution < -0.4 is 0 Å². The van der Waals surface area contributed by atoms with Crippen LogP contribution in [0, 0.1) is 0 Å². The van der Waals surface area contributed by atoms with Crippen LogP contribution in [-0.2, 0) is 10.3 Å². The lowest BCUT2D eigenvalue weighted by atomic mass is 10.0. The number of hydrogen-bond donors (Lipinski definition) is 0. The monoisotopic (exact) mass is 346 g/mol. The third kappa shape index (κ3) is 3.29. The summed E-state index contributed by atoms with van der Waals surface area (Å²) < 4.78 is 6.57. The largest absolute Gasteiger partial charge is 0.368 e. The molecule has 0 radical (unpaired) electrons. The molecule has 1 aliphatic rings. The van der Waals surface area contributed by atoms with Gasteiger partial charge in [-0.25, -0.2) is 9.97 Å². The molecule has 1 aliphatic carbocycles. The van der Waals surface area contributed by atoms with Gasteiger partial charge < -0.3 is 4.74 Å². The van der Waals surface area contributed by atoms with Gasteiger partial charge in [0.25, 0.3) is 0 Å². The summed E-state index contributed by atoms with van der Waals surface area (Å²) in [5.74, 6) is 1.16. The minimum atomic E-state index is -0.507. The van der Waals surface area contributed by atoms with E-state index in [0.717, 1.165) is 10.2 Å². The zero-order chi connectivity index (χ0) is 14.0. The van der Waals surface area contributed by atoms with Gasteiger partial charge in [0, 0.05) is 12.5 Å². The Morgan fingerprint density at radius 1 is 1.32 bits per heavy atom. The predicted molar refractivity (Wildman–Crippen MR) is 80.6 cm³/mol. The highest BCUT2D eigenvalue weighted by Gasteiger charge is 2.29. The Morgan fingerprint density at radius 3 is 2.53 bits per heavy atom.